The minimum absolute atomic E-state index is 0.0143. The number of ether oxygens (including phenoxy) is 1. The molecule has 12 heteroatoms. The first-order valence-electron chi connectivity index (χ1n) is 12.0. The topological polar surface area (TPSA) is 74.3 Å². The van der Waals surface area contributed by atoms with Crippen LogP contribution in [0.25, 0.3) is 11.1 Å². The van der Waals surface area contributed by atoms with E-state index in [1.165, 1.54) is 13.1 Å². The number of hydrogen-bond donors (Lipinski definition) is 1. The third-order valence-electron chi connectivity index (χ3n) is 6.70. The van der Waals surface area contributed by atoms with Crippen molar-refractivity contribution in [2.24, 2.45) is 0 Å². The Hall–Kier alpha value is -3.48. The quantitative estimate of drug-likeness (QED) is 0.218. The number of halogens is 6. The number of nitrogens with zero attached hydrogens (tertiary/aromatic N) is 2. The number of carbonyl (C=O) groups excluding carboxylic acids is 1. The van der Waals surface area contributed by atoms with Crippen LogP contribution in [-0.4, -0.2) is 37.2 Å². The molecule has 39 heavy (non-hydrogen) atoms. The molecule has 0 bridgehead atoms. The minimum Gasteiger partial charge on any atom is -0.626 e. The van der Waals surface area contributed by atoms with E-state index in [0.29, 0.717) is 23.3 Å². The second kappa shape index (κ2) is 10.6. The summed E-state index contributed by atoms with van der Waals surface area (Å²) in [5.74, 6) is -2.03. The largest absolute Gasteiger partial charge is 0.626 e. The average molecular weight is 554 g/mol. The van der Waals surface area contributed by atoms with Gasteiger partial charge in [0.25, 0.3) is 0 Å². The van der Waals surface area contributed by atoms with Crippen molar-refractivity contribution in [1.29, 1.82) is 0 Å². The standard InChI is InChI=1S/C27H25F6N3O3/c1-16-5-3-4-6-21(16)22-14-24(36(38)7-9-39-10-8-36)34-15-23(22)35-25(37)17(2)18-11-19(26(28,29)30)13-20(12-18)27(31,32)33/h3-6,11-15,17H,7-10H2,1-2H3,(H,35,37). The maximum Gasteiger partial charge on any atom is 0.416 e. The second-order valence-electron chi connectivity index (χ2n) is 9.40. The van der Waals surface area contributed by atoms with E-state index in [1.807, 2.05) is 13.0 Å². The van der Waals surface area contributed by atoms with Crippen molar-refractivity contribution < 1.29 is 35.9 Å². The van der Waals surface area contributed by atoms with Crippen molar-refractivity contribution in [2.75, 3.05) is 31.6 Å². The zero-order chi connectivity index (χ0) is 28.6. The Kier molecular flexibility index (Phi) is 7.75. The number of morpholine rings is 1. The molecular weight excluding hydrogens is 528 g/mol. The summed E-state index contributed by atoms with van der Waals surface area (Å²) in [6, 6.07) is 9.78. The Morgan fingerprint density at radius 3 is 2.13 bits per heavy atom. The summed E-state index contributed by atoms with van der Waals surface area (Å²) in [5.41, 5.74) is -1.38. The lowest BCUT2D eigenvalue weighted by molar-refractivity contribution is -0.143. The molecule has 2 aromatic carbocycles. The van der Waals surface area contributed by atoms with E-state index in [9.17, 15) is 36.3 Å². The third kappa shape index (κ3) is 6.23. The van der Waals surface area contributed by atoms with Gasteiger partial charge < -0.3 is 19.9 Å². The van der Waals surface area contributed by atoms with Gasteiger partial charge in [-0.05, 0) is 48.7 Å². The Balaban J connectivity index is 1.73. The Bertz CT molecular complexity index is 1340. The maximum atomic E-state index is 13.4. The molecule has 1 aliphatic rings. The first kappa shape index (κ1) is 28.5. The van der Waals surface area contributed by atoms with Crippen LogP contribution in [0.15, 0.2) is 54.7 Å². The number of aromatic nitrogens is 1. The van der Waals surface area contributed by atoms with Gasteiger partial charge in [-0.1, -0.05) is 24.3 Å². The predicted octanol–water partition coefficient (Wildman–Crippen LogP) is 6.67. The molecule has 0 aliphatic carbocycles. The number of benzene rings is 2. The van der Waals surface area contributed by atoms with Crippen molar-refractivity contribution in [1.82, 2.24) is 9.63 Å². The molecule has 1 fully saturated rings. The van der Waals surface area contributed by atoms with Crippen molar-refractivity contribution in [3.8, 4) is 11.1 Å². The fourth-order valence-electron chi connectivity index (χ4n) is 4.35. The summed E-state index contributed by atoms with van der Waals surface area (Å²) < 4.78 is 84.6. The van der Waals surface area contributed by atoms with Gasteiger partial charge in [-0.15, -0.1) is 0 Å². The van der Waals surface area contributed by atoms with E-state index in [2.05, 4.69) is 10.3 Å². The highest BCUT2D eigenvalue weighted by Gasteiger charge is 2.38. The number of anilines is 1. The molecular formula is C27H25F6N3O3. The monoisotopic (exact) mass is 553 g/mol. The lowest BCUT2D eigenvalue weighted by Gasteiger charge is -2.43. The summed E-state index contributed by atoms with van der Waals surface area (Å²) >= 11 is 0. The number of amides is 1. The molecule has 1 amide bonds. The molecule has 4 rings (SSSR count). The van der Waals surface area contributed by atoms with Crippen LogP contribution in [0, 0.1) is 12.1 Å². The lowest BCUT2D eigenvalue weighted by Crippen LogP contribution is -2.52. The number of hydrogen-bond acceptors (Lipinski definition) is 4. The SMILES string of the molecule is Cc1ccccc1-c1cc([N+]2([O-])CCOCC2)ncc1NC(=O)C(C)c1cc(C(F)(F)F)cc(C(F)(F)F)c1. The number of nitrogens with one attached hydrogen (secondary N) is 1. The first-order chi connectivity index (χ1) is 18.2. The molecule has 0 radical (unpaired) electrons. The highest BCUT2D eigenvalue weighted by atomic mass is 19.4. The highest BCUT2D eigenvalue weighted by molar-refractivity contribution is 5.99. The van der Waals surface area contributed by atoms with E-state index in [-0.39, 0.29) is 43.9 Å². The second-order valence-corrected chi connectivity index (χ2v) is 9.40. The van der Waals surface area contributed by atoms with Gasteiger partial charge in [-0.2, -0.15) is 26.3 Å². The van der Waals surface area contributed by atoms with Crippen molar-refractivity contribution >= 4 is 17.4 Å². The molecule has 1 N–H and O–H groups in total. The minimum atomic E-state index is -5.04. The Morgan fingerprint density at radius 2 is 1.56 bits per heavy atom. The number of aryl methyl sites for hydroxylation is 1. The number of pyridine rings is 1. The molecule has 1 aliphatic heterocycles. The van der Waals surface area contributed by atoms with Crippen LogP contribution in [0.1, 0.15) is 35.1 Å². The summed E-state index contributed by atoms with van der Waals surface area (Å²) in [4.78, 5) is 17.4. The van der Waals surface area contributed by atoms with Crippen molar-refractivity contribution in [3.63, 3.8) is 0 Å². The van der Waals surface area contributed by atoms with Gasteiger partial charge in [-0.3, -0.25) is 4.79 Å². The zero-order valence-electron chi connectivity index (χ0n) is 21.0. The molecule has 208 valence electrons. The average Bonchev–Trinajstić information content (AvgIpc) is 2.88. The van der Waals surface area contributed by atoms with Crippen molar-refractivity contribution in [2.45, 2.75) is 32.1 Å². The fraction of sp³-hybridized carbons (Fsp3) is 0.333. The van der Waals surface area contributed by atoms with Crippen LogP contribution >= 0.6 is 0 Å². The Morgan fingerprint density at radius 1 is 0.974 bits per heavy atom. The highest BCUT2D eigenvalue weighted by Crippen LogP contribution is 2.39. The molecule has 1 unspecified atom stereocenters. The number of carbonyl (C=O) groups is 1. The molecule has 3 aromatic rings. The van der Waals surface area contributed by atoms with E-state index in [1.54, 1.807) is 24.3 Å². The van der Waals surface area contributed by atoms with Gasteiger partial charge in [0.15, 0.2) is 0 Å². The van der Waals surface area contributed by atoms with E-state index in [0.717, 1.165) is 5.56 Å². The van der Waals surface area contributed by atoms with Crippen LogP contribution in [0.2, 0.25) is 0 Å². The lowest BCUT2D eigenvalue weighted by atomic mass is 9.94. The molecule has 1 aromatic heterocycles. The van der Waals surface area contributed by atoms with Gasteiger partial charge in [-0.25, -0.2) is 4.98 Å². The molecule has 2 heterocycles. The number of hydroxylamine groups is 2. The van der Waals surface area contributed by atoms with Crippen molar-refractivity contribution in [3.05, 3.63) is 82.2 Å². The van der Waals surface area contributed by atoms with Gasteiger partial charge in [0, 0.05) is 11.6 Å². The summed E-state index contributed by atoms with van der Waals surface area (Å²) in [7, 11) is 0. The number of quaternary nitrogens is 1. The molecule has 1 saturated heterocycles. The molecule has 1 atom stereocenters. The normalized spacial score (nSPS) is 16.5. The van der Waals surface area contributed by atoms with E-state index < -0.39 is 45.5 Å². The third-order valence-corrected chi connectivity index (χ3v) is 6.70. The summed E-state index contributed by atoms with van der Waals surface area (Å²) in [6.45, 7) is 3.81. The van der Waals surface area contributed by atoms with Gasteiger partial charge in [0.1, 0.15) is 13.1 Å². The van der Waals surface area contributed by atoms with Gasteiger partial charge in [0.2, 0.25) is 11.7 Å². The maximum absolute atomic E-state index is 13.4. The van der Waals surface area contributed by atoms with Crippen LogP contribution in [0.5, 0.6) is 0 Å². The van der Waals surface area contributed by atoms with Crippen LogP contribution in [0.3, 0.4) is 0 Å². The van der Waals surface area contributed by atoms with Crippen LogP contribution in [0.4, 0.5) is 37.8 Å². The molecule has 0 saturated carbocycles. The molecule has 6 nitrogen and oxygen atoms in total. The van der Waals surface area contributed by atoms with Gasteiger partial charge in [0.05, 0.1) is 42.1 Å². The molecule has 0 spiro atoms. The first-order valence-corrected chi connectivity index (χ1v) is 12.0. The van der Waals surface area contributed by atoms with Gasteiger partial charge >= 0.3 is 12.4 Å². The Labute approximate surface area is 220 Å². The number of alkyl halides is 6. The summed E-state index contributed by atoms with van der Waals surface area (Å²) in [6.07, 6.45) is -8.80. The smallest absolute Gasteiger partial charge is 0.416 e. The van der Waals surface area contributed by atoms with Crippen LogP contribution < -0.4 is 9.96 Å². The van der Waals surface area contributed by atoms with E-state index >= 15 is 0 Å². The summed E-state index contributed by atoms with van der Waals surface area (Å²) in [5, 5.41) is 16.0. The van der Waals surface area contributed by atoms with E-state index in [4.69, 9.17) is 4.74 Å². The predicted molar refractivity (Wildman–Crippen MR) is 134 cm³/mol. The fourth-order valence-corrected chi connectivity index (χ4v) is 4.35. The van der Waals surface area contributed by atoms with Crippen LogP contribution in [-0.2, 0) is 21.9 Å². The zero-order valence-corrected chi connectivity index (χ0v) is 21.0. The number of rotatable bonds is 5.